The summed E-state index contributed by atoms with van der Waals surface area (Å²) in [4.78, 5) is 32.0. The van der Waals surface area contributed by atoms with Crippen LogP contribution in [0.2, 0.25) is 0 Å². The third kappa shape index (κ3) is 4.34. The van der Waals surface area contributed by atoms with Crippen molar-refractivity contribution in [3.8, 4) is 0 Å². The van der Waals surface area contributed by atoms with Gasteiger partial charge in [-0.05, 0) is 30.7 Å². The van der Waals surface area contributed by atoms with Crippen LogP contribution in [-0.4, -0.2) is 27.8 Å². The summed E-state index contributed by atoms with van der Waals surface area (Å²) in [7, 11) is 0. The summed E-state index contributed by atoms with van der Waals surface area (Å²) >= 11 is 1.30. The second kappa shape index (κ2) is 9.37. The second-order valence-corrected chi connectivity index (χ2v) is 7.23. The lowest BCUT2D eigenvalue weighted by Crippen LogP contribution is -2.33. The first-order chi connectivity index (χ1) is 13.7. The van der Waals surface area contributed by atoms with E-state index in [-0.39, 0.29) is 17.2 Å². The highest BCUT2D eigenvalue weighted by molar-refractivity contribution is 7.99. The Bertz CT molecular complexity index is 1030. The van der Waals surface area contributed by atoms with Crippen molar-refractivity contribution in [2.24, 2.45) is 0 Å². The minimum absolute atomic E-state index is 0.0541. The molecule has 0 bridgehead atoms. The molecule has 0 fully saturated rings. The molecule has 3 rings (SSSR count). The van der Waals surface area contributed by atoms with Crippen LogP contribution in [-0.2, 0) is 11.3 Å². The molecule has 0 saturated heterocycles. The van der Waals surface area contributed by atoms with E-state index in [2.05, 4.69) is 11.6 Å². The molecule has 0 spiro atoms. The van der Waals surface area contributed by atoms with Crippen LogP contribution in [0, 0.1) is 0 Å². The van der Waals surface area contributed by atoms with Crippen LogP contribution in [0.1, 0.15) is 13.3 Å². The molecule has 0 unspecified atom stereocenters. The average Bonchev–Trinajstić information content (AvgIpc) is 2.73. The first kappa shape index (κ1) is 19.9. The molecule has 0 radical (unpaired) electrons. The number of hydrogen-bond donors (Lipinski definition) is 0. The molecule has 1 amide bonds. The van der Waals surface area contributed by atoms with Crippen LogP contribution in [0.25, 0.3) is 10.9 Å². The summed E-state index contributed by atoms with van der Waals surface area (Å²) in [5, 5.41) is 1.18. The smallest absolute Gasteiger partial charge is 0.262 e. The SMILES string of the molecule is C=CCN(C(=O)CSc1nc2ccccc2c(=O)n1CCC)c1ccccc1. The van der Waals surface area contributed by atoms with Crippen molar-refractivity contribution in [2.45, 2.75) is 25.0 Å². The molecule has 5 nitrogen and oxygen atoms in total. The van der Waals surface area contributed by atoms with Crippen molar-refractivity contribution in [1.29, 1.82) is 0 Å². The minimum atomic E-state index is -0.0617. The maximum absolute atomic E-state index is 12.9. The zero-order valence-electron chi connectivity index (χ0n) is 15.9. The number of rotatable bonds is 8. The summed E-state index contributed by atoms with van der Waals surface area (Å²) < 4.78 is 1.67. The number of nitrogens with zero attached hydrogens (tertiary/aromatic N) is 3. The Hall–Kier alpha value is -2.86. The number of anilines is 1. The van der Waals surface area contributed by atoms with Crippen LogP contribution >= 0.6 is 11.8 Å². The molecule has 28 heavy (non-hydrogen) atoms. The molecule has 0 N–H and O–H groups in total. The van der Waals surface area contributed by atoms with Gasteiger partial charge in [0.15, 0.2) is 5.16 Å². The molecular formula is C22H23N3O2S. The fourth-order valence-corrected chi connectivity index (χ4v) is 3.87. The van der Waals surface area contributed by atoms with Crippen molar-refractivity contribution in [2.75, 3.05) is 17.2 Å². The van der Waals surface area contributed by atoms with E-state index in [0.717, 1.165) is 12.1 Å². The number of carbonyl (C=O) groups is 1. The van der Waals surface area contributed by atoms with Gasteiger partial charge in [0, 0.05) is 18.8 Å². The maximum Gasteiger partial charge on any atom is 0.262 e. The summed E-state index contributed by atoms with van der Waals surface area (Å²) in [5.41, 5.74) is 1.42. The molecular weight excluding hydrogens is 370 g/mol. The van der Waals surface area contributed by atoms with E-state index < -0.39 is 0 Å². The molecule has 0 atom stereocenters. The van der Waals surface area contributed by atoms with E-state index in [1.165, 1.54) is 11.8 Å². The van der Waals surface area contributed by atoms with E-state index in [1.54, 1.807) is 21.6 Å². The number of fused-ring (bicyclic) bond motifs is 1. The highest BCUT2D eigenvalue weighted by atomic mass is 32.2. The normalized spacial score (nSPS) is 10.8. The Morgan fingerprint density at radius 1 is 1.18 bits per heavy atom. The summed E-state index contributed by atoms with van der Waals surface area (Å²) in [6.07, 6.45) is 2.52. The van der Waals surface area contributed by atoms with E-state index in [0.29, 0.717) is 29.1 Å². The highest BCUT2D eigenvalue weighted by Gasteiger charge is 2.17. The monoisotopic (exact) mass is 393 g/mol. The van der Waals surface area contributed by atoms with Crippen LogP contribution < -0.4 is 10.5 Å². The number of aromatic nitrogens is 2. The van der Waals surface area contributed by atoms with Gasteiger partial charge in [0.25, 0.3) is 5.56 Å². The minimum Gasteiger partial charge on any atom is -0.308 e. The van der Waals surface area contributed by atoms with E-state index in [4.69, 9.17) is 0 Å². The molecule has 0 aliphatic rings. The lowest BCUT2D eigenvalue weighted by Gasteiger charge is -2.21. The van der Waals surface area contributed by atoms with Gasteiger partial charge in [-0.2, -0.15) is 0 Å². The van der Waals surface area contributed by atoms with Crippen molar-refractivity contribution in [3.63, 3.8) is 0 Å². The Morgan fingerprint density at radius 2 is 1.89 bits per heavy atom. The lowest BCUT2D eigenvalue weighted by molar-refractivity contribution is -0.116. The second-order valence-electron chi connectivity index (χ2n) is 6.29. The quantitative estimate of drug-likeness (QED) is 0.328. The molecule has 6 heteroatoms. The predicted octanol–water partition coefficient (Wildman–Crippen LogP) is 4.12. The van der Waals surface area contributed by atoms with Crippen LogP contribution in [0.3, 0.4) is 0 Å². The Labute approximate surface area is 168 Å². The largest absolute Gasteiger partial charge is 0.308 e. The molecule has 3 aromatic rings. The van der Waals surface area contributed by atoms with Gasteiger partial charge in [0.1, 0.15) is 0 Å². The standard InChI is InChI=1S/C22H23N3O2S/c1-3-14-24(17-10-6-5-7-11-17)20(26)16-28-22-23-19-13-9-8-12-18(19)21(27)25(22)15-4-2/h3,5-13H,1,4,14-16H2,2H3. The molecule has 0 aliphatic heterocycles. The number of thioether (sulfide) groups is 1. The van der Waals surface area contributed by atoms with Crippen molar-refractivity contribution in [3.05, 3.63) is 77.6 Å². The van der Waals surface area contributed by atoms with Crippen LogP contribution in [0.4, 0.5) is 5.69 Å². The first-order valence-corrected chi connectivity index (χ1v) is 10.2. The zero-order chi connectivity index (χ0) is 19.9. The Balaban J connectivity index is 1.87. The fraction of sp³-hybridized carbons (Fsp3) is 0.227. The highest BCUT2D eigenvalue weighted by Crippen LogP contribution is 2.21. The van der Waals surface area contributed by atoms with Crippen molar-refractivity contribution >= 4 is 34.3 Å². The number of carbonyl (C=O) groups excluding carboxylic acids is 1. The maximum atomic E-state index is 12.9. The molecule has 1 heterocycles. The van der Waals surface area contributed by atoms with Gasteiger partial charge >= 0.3 is 0 Å². The van der Waals surface area contributed by atoms with Gasteiger partial charge in [0.05, 0.1) is 16.7 Å². The fourth-order valence-electron chi connectivity index (χ4n) is 2.97. The molecule has 2 aromatic carbocycles. The molecule has 1 aromatic heterocycles. The number of hydrogen-bond acceptors (Lipinski definition) is 4. The van der Waals surface area contributed by atoms with Crippen molar-refractivity contribution in [1.82, 2.24) is 9.55 Å². The van der Waals surface area contributed by atoms with Gasteiger partial charge in [-0.3, -0.25) is 14.2 Å². The van der Waals surface area contributed by atoms with E-state index >= 15 is 0 Å². The average molecular weight is 394 g/mol. The topological polar surface area (TPSA) is 55.2 Å². The summed E-state index contributed by atoms with van der Waals surface area (Å²) in [6.45, 7) is 6.77. The summed E-state index contributed by atoms with van der Waals surface area (Å²) in [5.74, 6) is 0.138. The van der Waals surface area contributed by atoms with Gasteiger partial charge in [-0.25, -0.2) is 4.98 Å². The summed E-state index contributed by atoms with van der Waals surface area (Å²) in [6, 6.07) is 16.8. The van der Waals surface area contributed by atoms with E-state index in [9.17, 15) is 9.59 Å². The predicted molar refractivity (Wildman–Crippen MR) is 116 cm³/mol. The Kier molecular flexibility index (Phi) is 6.66. The number of para-hydroxylation sites is 2. The van der Waals surface area contributed by atoms with Crippen LogP contribution in [0.5, 0.6) is 0 Å². The van der Waals surface area contributed by atoms with Gasteiger partial charge in [-0.15, -0.1) is 6.58 Å². The van der Waals surface area contributed by atoms with E-state index in [1.807, 2.05) is 55.5 Å². The molecule has 0 aliphatic carbocycles. The number of amides is 1. The zero-order valence-corrected chi connectivity index (χ0v) is 16.7. The molecule has 144 valence electrons. The van der Waals surface area contributed by atoms with Crippen LogP contribution in [0.15, 0.2) is 77.2 Å². The van der Waals surface area contributed by atoms with Gasteiger partial charge in [-0.1, -0.05) is 55.1 Å². The third-order valence-electron chi connectivity index (χ3n) is 4.28. The molecule has 0 saturated carbocycles. The lowest BCUT2D eigenvalue weighted by atomic mass is 10.2. The first-order valence-electron chi connectivity index (χ1n) is 9.24. The third-order valence-corrected chi connectivity index (χ3v) is 5.24. The Morgan fingerprint density at radius 3 is 2.61 bits per heavy atom. The van der Waals surface area contributed by atoms with Gasteiger partial charge < -0.3 is 4.90 Å². The van der Waals surface area contributed by atoms with Gasteiger partial charge in [0.2, 0.25) is 5.91 Å². The number of benzene rings is 2. The van der Waals surface area contributed by atoms with Crippen molar-refractivity contribution < 1.29 is 4.79 Å².